The highest BCUT2D eigenvalue weighted by atomic mass is 16.7. The molecule has 1 aromatic carbocycles. The first kappa shape index (κ1) is 17.2. The first-order chi connectivity index (χ1) is 13.1. The number of allylic oxidation sites excluding steroid dienone is 4. The molecule has 0 aromatic heterocycles. The Balaban J connectivity index is 1.34. The van der Waals surface area contributed by atoms with Gasteiger partial charge in [-0.25, -0.2) is 0 Å². The van der Waals surface area contributed by atoms with Crippen molar-refractivity contribution in [2.75, 3.05) is 13.1 Å². The number of rotatable bonds is 2. The normalized spacial score (nSPS) is 24.9. The molecule has 0 amide bonds. The minimum absolute atomic E-state index is 0.163. The monoisotopic (exact) mass is 365 g/mol. The Hall–Kier alpha value is -1.91. The van der Waals surface area contributed by atoms with E-state index in [0.717, 1.165) is 48.9 Å². The van der Waals surface area contributed by atoms with E-state index in [-0.39, 0.29) is 5.78 Å². The molecule has 4 heteroatoms. The van der Waals surface area contributed by atoms with E-state index in [1.807, 2.05) is 12.2 Å². The second-order valence-electron chi connectivity index (χ2n) is 8.36. The molecule has 2 aliphatic heterocycles. The summed E-state index contributed by atoms with van der Waals surface area (Å²) in [5.41, 5.74) is 4.57. The third-order valence-corrected chi connectivity index (χ3v) is 6.63. The molecule has 0 bridgehead atoms. The van der Waals surface area contributed by atoms with Crippen molar-refractivity contribution in [3.05, 3.63) is 47.1 Å². The summed E-state index contributed by atoms with van der Waals surface area (Å²) in [5.74, 6) is 0.685. The van der Waals surface area contributed by atoms with Gasteiger partial charge in [0.1, 0.15) is 5.75 Å². The summed E-state index contributed by atoms with van der Waals surface area (Å²) >= 11 is 0. The smallest absolute Gasteiger partial charge is 0.213 e. The first-order valence-electron chi connectivity index (χ1n) is 10.2. The predicted molar refractivity (Wildman–Crippen MR) is 105 cm³/mol. The van der Waals surface area contributed by atoms with E-state index in [9.17, 15) is 4.79 Å². The van der Waals surface area contributed by atoms with Crippen LogP contribution < -0.4 is 4.74 Å². The molecule has 1 saturated carbocycles. The maximum Gasteiger partial charge on any atom is 0.213 e. The Morgan fingerprint density at radius 2 is 1.96 bits per heavy atom. The van der Waals surface area contributed by atoms with E-state index in [4.69, 9.17) is 9.47 Å². The van der Waals surface area contributed by atoms with Crippen LogP contribution in [0.3, 0.4) is 0 Å². The molecule has 4 nitrogen and oxygen atoms in total. The zero-order valence-electron chi connectivity index (χ0n) is 16.0. The van der Waals surface area contributed by atoms with Crippen LogP contribution in [-0.2, 0) is 16.1 Å². The van der Waals surface area contributed by atoms with Crippen molar-refractivity contribution in [1.29, 1.82) is 0 Å². The van der Waals surface area contributed by atoms with Gasteiger partial charge in [0, 0.05) is 44.0 Å². The van der Waals surface area contributed by atoms with Gasteiger partial charge in [-0.2, -0.15) is 0 Å². The second-order valence-corrected chi connectivity index (χ2v) is 8.36. The molecular weight excluding hydrogens is 338 g/mol. The highest BCUT2D eigenvalue weighted by Crippen LogP contribution is 2.41. The topological polar surface area (TPSA) is 38.8 Å². The fourth-order valence-electron chi connectivity index (χ4n) is 4.64. The van der Waals surface area contributed by atoms with Crippen LogP contribution in [0, 0.1) is 6.92 Å². The fraction of sp³-hybridized carbons (Fsp3) is 0.522. The van der Waals surface area contributed by atoms with E-state index in [2.05, 4.69) is 24.0 Å². The molecule has 0 atom stereocenters. The van der Waals surface area contributed by atoms with Gasteiger partial charge >= 0.3 is 0 Å². The summed E-state index contributed by atoms with van der Waals surface area (Å²) in [6, 6.07) is 5.12. The highest BCUT2D eigenvalue weighted by Gasteiger charge is 2.42. The van der Waals surface area contributed by atoms with Crippen molar-refractivity contribution in [2.24, 2.45) is 0 Å². The van der Waals surface area contributed by atoms with Gasteiger partial charge in [-0.3, -0.25) is 9.69 Å². The van der Waals surface area contributed by atoms with E-state index in [0.29, 0.717) is 13.0 Å². The van der Waals surface area contributed by atoms with Gasteiger partial charge in [-0.05, 0) is 54.7 Å². The number of carbonyl (C=O) groups excluding carboxylic acids is 1. The molecule has 0 radical (unpaired) electrons. The van der Waals surface area contributed by atoms with Crippen LogP contribution in [0.1, 0.15) is 55.2 Å². The molecule has 2 aliphatic carbocycles. The highest BCUT2D eigenvalue weighted by molar-refractivity contribution is 5.98. The lowest BCUT2D eigenvalue weighted by atomic mass is 9.88. The van der Waals surface area contributed by atoms with Crippen molar-refractivity contribution in [1.82, 2.24) is 4.90 Å². The third-order valence-electron chi connectivity index (χ3n) is 6.63. The number of hydrogen-bond acceptors (Lipinski definition) is 4. The van der Waals surface area contributed by atoms with Gasteiger partial charge in [0.15, 0.2) is 5.78 Å². The minimum Gasteiger partial charge on any atom is -0.462 e. The summed E-state index contributed by atoms with van der Waals surface area (Å²) in [6.07, 6.45) is 12.1. The van der Waals surface area contributed by atoms with Gasteiger partial charge in [0.05, 0.1) is 6.61 Å². The lowest BCUT2D eigenvalue weighted by Gasteiger charge is -2.47. The van der Waals surface area contributed by atoms with Gasteiger partial charge in [0.25, 0.3) is 0 Å². The van der Waals surface area contributed by atoms with Crippen LogP contribution in [0.15, 0.2) is 30.4 Å². The Labute approximate surface area is 160 Å². The Morgan fingerprint density at radius 3 is 2.63 bits per heavy atom. The number of nitrogens with zero attached hydrogens (tertiary/aromatic N) is 1. The maximum absolute atomic E-state index is 11.4. The van der Waals surface area contributed by atoms with Crippen molar-refractivity contribution < 1.29 is 14.3 Å². The summed E-state index contributed by atoms with van der Waals surface area (Å²) in [4.78, 5) is 14.1. The molecule has 2 heterocycles. The Bertz CT molecular complexity index is 826. The van der Waals surface area contributed by atoms with Crippen LogP contribution in [0.25, 0.3) is 5.57 Å². The number of aryl methyl sites for hydroxylation is 1. The first-order valence-corrected chi connectivity index (χ1v) is 10.2. The predicted octanol–water partition coefficient (Wildman–Crippen LogP) is 4.16. The van der Waals surface area contributed by atoms with Crippen molar-refractivity contribution in [2.45, 2.75) is 63.9 Å². The Morgan fingerprint density at radius 1 is 1.15 bits per heavy atom. The van der Waals surface area contributed by atoms with Crippen molar-refractivity contribution >= 4 is 11.4 Å². The van der Waals surface area contributed by atoms with Crippen LogP contribution >= 0.6 is 0 Å². The molecule has 27 heavy (non-hydrogen) atoms. The maximum atomic E-state index is 11.4. The average Bonchev–Trinajstić information content (AvgIpc) is 2.63. The molecule has 5 rings (SSSR count). The molecule has 1 saturated heterocycles. The SMILES string of the molecule is Cc1cc2c(cc1C1=CCC(=O)C=C1)COC1(CCN(C3CCC3)CC1)O2. The van der Waals surface area contributed by atoms with Crippen LogP contribution in [-0.4, -0.2) is 35.6 Å². The molecule has 4 aliphatic rings. The number of ketones is 1. The summed E-state index contributed by atoms with van der Waals surface area (Å²) in [5, 5.41) is 0. The molecule has 2 fully saturated rings. The van der Waals surface area contributed by atoms with Gasteiger partial charge in [0.2, 0.25) is 5.79 Å². The zero-order valence-corrected chi connectivity index (χ0v) is 16.0. The lowest BCUT2D eigenvalue weighted by Crippen LogP contribution is -2.54. The second kappa shape index (κ2) is 6.61. The van der Waals surface area contributed by atoms with Crippen LogP contribution in [0.4, 0.5) is 0 Å². The van der Waals surface area contributed by atoms with Gasteiger partial charge in [-0.15, -0.1) is 0 Å². The molecule has 1 aromatic rings. The Kier molecular flexibility index (Phi) is 4.21. The number of benzene rings is 1. The summed E-state index contributed by atoms with van der Waals surface area (Å²) in [6.45, 7) is 4.86. The van der Waals surface area contributed by atoms with Gasteiger partial charge in [-0.1, -0.05) is 18.6 Å². The number of carbonyl (C=O) groups is 1. The minimum atomic E-state index is -0.447. The molecular formula is C23H27NO3. The number of ether oxygens (including phenoxy) is 2. The van der Waals surface area contributed by atoms with Crippen LogP contribution in [0.2, 0.25) is 0 Å². The van der Waals surface area contributed by atoms with E-state index in [1.54, 1.807) is 6.08 Å². The molecule has 1 spiro atoms. The van der Waals surface area contributed by atoms with Crippen molar-refractivity contribution in [3.63, 3.8) is 0 Å². The molecule has 0 unspecified atom stereocenters. The van der Waals surface area contributed by atoms with Gasteiger partial charge < -0.3 is 9.47 Å². The lowest BCUT2D eigenvalue weighted by molar-refractivity contribution is -0.231. The van der Waals surface area contributed by atoms with E-state index >= 15 is 0 Å². The number of hydrogen-bond donors (Lipinski definition) is 0. The molecule has 0 N–H and O–H groups in total. The van der Waals surface area contributed by atoms with Crippen molar-refractivity contribution in [3.8, 4) is 5.75 Å². The van der Waals surface area contributed by atoms with Crippen LogP contribution in [0.5, 0.6) is 5.75 Å². The number of piperidine rings is 1. The fourth-order valence-corrected chi connectivity index (χ4v) is 4.64. The number of fused-ring (bicyclic) bond motifs is 1. The zero-order chi connectivity index (χ0) is 18.4. The van der Waals surface area contributed by atoms with E-state index in [1.165, 1.54) is 30.4 Å². The van der Waals surface area contributed by atoms with E-state index < -0.39 is 5.79 Å². The summed E-state index contributed by atoms with van der Waals surface area (Å²) in [7, 11) is 0. The average molecular weight is 365 g/mol. The third kappa shape index (κ3) is 3.15. The summed E-state index contributed by atoms with van der Waals surface area (Å²) < 4.78 is 12.7. The largest absolute Gasteiger partial charge is 0.462 e. The standard InChI is InChI=1S/C23H27NO3/c1-16-13-22-18(14-21(16)17-5-7-20(25)8-6-17)15-26-23(27-22)9-11-24(12-10-23)19-3-2-4-19/h5-7,13-14,19H,2-4,8-12,15H2,1H3. The molecule has 142 valence electrons. The quantitative estimate of drug-likeness (QED) is 0.789. The number of likely N-dealkylation sites (tertiary alicyclic amines) is 1.